The van der Waals surface area contributed by atoms with Crippen LogP contribution in [0.15, 0.2) is 65.6 Å². The summed E-state index contributed by atoms with van der Waals surface area (Å²) in [4.78, 5) is 3.93. The molecule has 0 aromatic heterocycles. The standard InChI is InChI=1S/C19H23NS/c1-3-7-18(8-4-1)20-14-11-17(12-15-20)13-16-21-19-9-5-2-6-10-19/h1-10,17H,11-16H2. The van der Waals surface area contributed by atoms with Crippen LogP contribution < -0.4 is 4.90 Å². The van der Waals surface area contributed by atoms with Gasteiger partial charge in [0.15, 0.2) is 0 Å². The second-order valence-electron chi connectivity index (χ2n) is 5.72. The molecule has 0 saturated carbocycles. The summed E-state index contributed by atoms with van der Waals surface area (Å²) in [6, 6.07) is 21.6. The number of hydrogen-bond donors (Lipinski definition) is 0. The van der Waals surface area contributed by atoms with Gasteiger partial charge in [0.1, 0.15) is 0 Å². The monoisotopic (exact) mass is 297 g/mol. The average Bonchev–Trinajstić information content (AvgIpc) is 2.57. The first-order valence-electron chi connectivity index (χ1n) is 7.89. The summed E-state index contributed by atoms with van der Waals surface area (Å²) < 4.78 is 0. The van der Waals surface area contributed by atoms with Crippen molar-refractivity contribution >= 4 is 17.4 Å². The van der Waals surface area contributed by atoms with E-state index in [1.54, 1.807) is 0 Å². The van der Waals surface area contributed by atoms with Gasteiger partial charge < -0.3 is 4.90 Å². The Morgan fingerprint density at radius 2 is 1.48 bits per heavy atom. The van der Waals surface area contributed by atoms with Gasteiger partial charge in [-0.05, 0) is 55.2 Å². The van der Waals surface area contributed by atoms with Gasteiger partial charge in [0.05, 0.1) is 0 Å². The predicted octanol–water partition coefficient (Wildman–Crippen LogP) is 5.09. The Morgan fingerprint density at radius 3 is 2.14 bits per heavy atom. The highest BCUT2D eigenvalue weighted by atomic mass is 32.2. The van der Waals surface area contributed by atoms with Gasteiger partial charge in [0.2, 0.25) is 0 Å². The lowest BCUT2D eigenvalue weighted by atomic mass is 9.94. The van der Waals surface area contributed by atoms with E-state index in [0.29, 0.717) is 0 Å². The van der Waals surface area contributed by atoms with E-state index in [9.17, 15) is 0 Å². The molecule has 2 heteroatoms. The van der Waals surface area contributed by atoms with Gasteiger partial charge in [-0.3, -0.25) is 0 Å². The zero-order valence-corrected chi connectivity index (χ0v) is 13.3. The molecule has 1 heterocycles. The van der Waals surface area contributed by atoms with Crippen molar-refractivity contribution in [2.75, 3.05) is 23.7 Å². The summed E-state index contributed by atoms with van der Waals surface area (Å²) in [7, 11) is 0. The van der Waals surface area contributed by atoms with Gasteiger partial charge in [-0.1, -0.05) is 36.4 Å². The highest BCUT2D eigenvalue weighted by Gasteiger charge is 2.18. The van der Waals surface area contributed by atoms with Crippen molar-refractivity contribution < 1.29 is 0 Å². The molecule has 21 heavy (non-hydrogen) atoms. The van der Waals surface area contributed by atoms with Crippen molar-refractivity contribution in [3.8, 4) is 0 Å². The smallest absolute Gasteiger partial charge is 0.0366 e. The van der Waals surface area contributed by atoms with Crippen molar-refractivity contribution in [3.63, 3.8) is 0 Å². The van der Waals surface area contributed by atoms with Gasteiger partial charge in [0.25, 0.3) is 0 Å². The molecule has 0 atom stereocenters. The highest BCUT2D eigenvalue weighted by molar-refractivity contribution is 7.99. The van der Waals surface area contributed by atoms with Crippen LogP contribution >= 0.6 is 11.8 Å². The Labute approximate surface area is 132 Å². The summed E-state index contributed by atoms with van der Waals surface area (Å²) in [5, 5.41) is 0. The number of benzene rings is 2. The summed E-state index contributed by atoms with van der Waals surface area (Å²) in [6.07, 6.45) is 4.02. The number of hydrogen-bond acceptors (Lipinski definition) is 2. The first kappa shape index (κ1) is 14.5. The molecule has 1 saturated heterocycles. The van der Waals surface area contributed by atoms with E-state index in [4.69, 9.17) is 0 Å². The fourth-order valence-corrected chi connectivity index (χ4v) is 4.02. The van der Waals surface area contributed by atoms with Crippen molar-refractivity contribution in [3.05, 3.63) is 60.7 Å². The number of nitrogens with zero attached hydrogens (tertiary/aromatic N) is 1. The molecule has 1 fully saturated rings. The summed E-state index contributed by atoms with van der Waals surface area (Å²) in [6.45, 7) is 2.43. The van der Waals surface area contributed by atoms with Crippen molar-refractivity contribution in [2.24, 2.45) is 5.92 Å². The molecule has 1 aliphatic heterocycles. The highest BCUT2D eigenvalue weighted by Crippen LogP contribution is 2.27. The van der Waals surface area contributed by atoms with E-state index < -0.39 is 0 Å². The molecular formula is C19H23NS. The quantitative estimate of drug-likeness (QED) is 0.708. The van der Waals surface area contributed by atoms with Crippen LogP contribution in [0.3, 0.4) is 0 Å². The predicted molar refractivity (Wildman–Crippen MR) is 93.2 cm³/mol. The molecule has 0 unspecified atom stereocenters. The molecule has 3 rings (SSSR count). The van der Waals surface area contributed by atoms with Crippen molar-refractivity contribution in [2.45, 2.75) is 24.2 Å². The second kappa shape index (κ2) is 7.56. The number of anilines is 1. The third-order valence-corrected chi connectivity index (χ3v) is 5.32. The van der Waals surface area contributed by atoms with Crippen LogP contribution in [-0.4, -0.2) is 18.8 Å². The Hall–Kier alpha value is -1.41. The van der Waals surface area contributed by atoms with Crippen LogP contribution in [0.5, 0.6) is 0 Å². The third-order valence-electron chi connectivity index (χ3n) is 4.27. The molecule has 1 nitrogen and oxygen atoms in total. The van der Waals surface area contributed by atoms with E-state index >= 15 is 0 Å². The lowest BCUT2D eigenvalue weighted by molar-refractivity contribution is 0.397. The van der Waals surface area contributed by atoms with E-state index in [0.717, 1.165) is 5.92 Å². The molecule has 0 spiro atoms. The first-order valence-corrected chi connectivity index (χ1v) is 8.88. The van der Waals surface area contributed by atoms with Crippen molar-refractivity contribution in [1.82, 2.24) is 0 Å². The molecule has 0 aliphatic carbocycles. The van der Waals surface area contributed by atoms with E-state index in [-0.39, 0.29) is 0 Å². The number of rotatable bonds is 5. The van der Waals surface area contributed by atoms with Gasteiger partial charge in [-0.2, -0.15) is 0 Å². The summed E-state index contributed by atoms with van der Waals surface area (Å²) in [5.74, 6) is 2.15. The molecule has 0 bridgehead atoms. The minimum atomic E-state index is 0.904. The van der Waals surface area contributed by atoms with Crippen LogP contribution in [0.25, 0.3) is 0 Å². The van der Waals surface area contributed by atoms with E-state index in [1.807, 2.05) is 11.8 Å². The number of para-hydroxylation sites is 1. The van der Waals surface area contributed by atoms with Crippen LogP contribution in [0.4, 0.5) is 5.69 Å². The van der Waals surface area contributed by atoms with Gasteiger partial charge in [-0.15, -0.1) is 11.8 Å². The Bertz CT molecular complexity index is 515. The van der Waals surface area contributed by atoms with Gasteiger partial charge in [0, 0.05) is 23.7 Å². The summed E-state index contributed by atoms with van der Waals surface area (Å²) in [5.41, 5.74) is 1.38. The maximum Gasteiger partial charge on any atom is 0.0366 e. The van der Waals surface area contributed by atoms with E-state index in [1.165, 1.54) is 48.7 Å². The Morgan fingerprint density at radius 1 is 0.857 bits per heavy atom. The van der Waals surface area contributed by atoms with E-state index in [2.05, 4.69) is 65.6 Å². The number of piperidine rings is 1. The fourth-order valence-electron chi connectivity index (χ4n) is 2.98. The molecule has 2 aromatic rings. The first-order chi connectivity index (χ1) is 10.4. The molecular weight excluding hydrogens is 274 g/mol. The van der Waals surface area contributed by atoms with Crippen molar-refractivity contribution in [1.29, 1.82) is 0 Å². The largest absolute Gasteiger partial charge is 0.372 e. The number of thioether (sulfide) groups is 1. The molecule has 2 aromatic carbocycles. The Kier molecular flexibility index (Phi) is 5.23. The van der Waals surface area contributed by atoms with Crippen LogP contribution in [0, 0.1) is 5.92 Å². The molecule has 1 aliphatic rings. The lowest BCUT2D eigenvalue weighted by Crippen LogP contribution is -2.33. The topological polar surface area (TPSA) is 3.24 Å². The molecule has 110 valence electrons. The average molecular weight is 297 g/mol. The minimum Gasteiger partial charge on any atom is -0.372 e. The summed E-state index contributed by atoms with van der Waals surface area (Å²) >= 11 is 2.00. The van der Waals surface area contributed by atoms with Crippen LogP contribution in [0.2, 0.25) is 0 Å². The molecule has 0 radical (unpaired) electrons. The zero-order chi connectivity index (χ0) is 14.3. The zero-order valence-electron chi connectivity index (χ0n) is 12.4. The van der Waals surface area contributed by atoms with Gasteiger partial charge >= 0.3 is 0 Å². The maximum absolute atomic E-state index is 2.53. The lowest BCUT2D eigenvalue weighted by Gasteiger charge is -2.33. The minimum absolute atomic E-state index is 0.904. The fraction of sp³-hybridized carbons (Fsp3) is 0.368. The normalized spacial score (nSPS) is 16.1. The maximum atomic E-state index is 2.53. The van der Waals surface area contributed by atoms with Gasteiger partial charge in [-0.25, -0.2) is 0 Å². The van der Waals surface area contributed by atoms with Crippen LogP contribution in [-0.2, 0) is 0 Å². The third kappa shape index (κ3) is 4.28. The molecule has 0 N–H and O–H groups in total. The Balaban J connectivity index is 1.40. The second-order valence-corrected chi connectivity index (χ2v) is 6.88. The molecule has 0 amide bonds. The SMILES string of the molecule is c1ccc(SCCC2CCN(c3ccccc3)CC2)cc1. The van der Waals surface area contributed by atoms with Crippen LogP contribution in [0.1, 0.15) is 19.3 Å².